The Morgan fingerprint density at radius 3 is 2.56 bits per heavy atom. The van der Waals surface area contributed by atoms with Gasteiger partial charge in [0.05, 0.1) is 6.61 Å². The standard InChI is InChI=1S/C15H22FNO/c1-12(2)14(11-17-8-9-18-3)10-13-4-6-15(16)7-5-13/h4-7,10,12,17H,8-9,11H2,1-3H3. The number of methoxy groups -OCH3 is 1. The molecular weight excluding hydrogens is 229 g/mol. The Kier molecular flexibility index (Phi) is 6.61. The van der Waals surface area contributed by atoms with Gasteiger partial charge in [0.1, 0.15) is 5.82 Å². The fourth-order valence-electron chi connectivity index (χ4n) is 1.60. The molecule has 0 heterocycles. The lowest BCUT2D eigenvalue weighted by atomic mass is 10.0. The zero-order valence-corrected chi connectivity index (χ0v) is 11.4. The van der Waals surface area contributed by atoms with Crippen LogP contribution >= 0.6 is 0 Å². The highest BCUT2D eigenvalue weighted by atomic mass is 19.1. The summed E-state index contributed by atoms with van der Waals surface area (Å²) in [4.78, 5) is 0. The van der Waals surface area contributed by atoms with Gasteiger partial charge in [-0.15, -0.1) is 0 Å². The molecule has 0 aliphatic heterocycles. The third-order valence-corrected chi connectivity index (χ3v) is 2.78. The van der Waals surface area contributed by atoms with Crippen molar-refractivity contribution in [3.63, 3.8) is 0 Å². The molecule has 18 heavy (non-hydrogen) atoms. The lowest BCUT2D eigenvalue weighted by molar-refractivity contribution is 0.200. The maximum absolute atomic E-state index is 12.8. The van der Waals surface area contributed by atoms with Crippen molar-refractivity contribution in [2.45, 2.75) is 13.8 Å². The molecule has 0 saturated carbocycles. The Labute approximate surface area is 109 Å². The van der Waals surface area contributed by atoms with Crippen molar-refractivity contribution in [1.82, 2.24) is 5.32 Å². The molecule has 0 saturated heterocycles. The molecule has 0 aliphatic carbocycles. The summed E-state index contributed by atoms with van der Waals surface area (Å²) in [7, 11) is 1.69. The summed E-state index contributed by atoms with van der Waals surface area (Å²) in [6.07, 6.45) is 2.11. The molecule has 2 nitrogen and oxygen atoms in total. The van der Waals surface area contributed by atoms with Gasteiger partial charge in [-0.1, -0.05) is 37.6 Å². The summed E-state index contributed by atoms with van der Waals surface area (Å²) in [5.41, 5.74) is 2.34. The highest BCUT2D eigenvalue weighted by Gasteiger charge is 2.03. The van der Waals surface area contributed by atoms with E-state index < -0.39 is 0 Å². The first-order valence-corrected chi connectivity index (χ1v) is 6.29. The molecule has 1 aromatic carbocycles. The Morgan fingerprint density at radius 2 is 2.00 bits per heavy atom. The maximum atomic E-state index is 12.8. The van der Waals surface area contributed by atoms with Crippen LogP contribution in [0.4, 0.5) is 4.39 Å². The Morgan fingerprint density at radius 1 is 1.33 bits per heavy atom. The molecule has 0 bridgehead atoms. The van der Waals surface area contributed by atoms with E-state index in [1.54, 1.807) is 19.2 Å². The fraction of sp³-hybridized carbons (Fsp3) is 0.467. The van der Waals surface area contributed by atoms with Crippen LogP contribution in [0.2, 0.25) is 0 Å². The molecule has 0 fully saturated rings. The van der Waals surface area contributed by atoms with Crippen LogP contribution in [0.5, 0.6) is 0 Å². The van der Waals surface area contributed by atoms with Gasteiger partial charge in [0.2, 0.25) is 0 Å². The average Bonchev–Trinajstić information content (AvgIpc) is 2.35. The van der Waals surface area contributed by atoms with Crippen molar-refractivity contribution < 1.29 is 9.13 Å². The van der Waals surface area contributed by atoms with E-state index in [-0.39, 0.29) is 5.82 Å². The van der Waals surface area contributed by atoms with Gasteiger partial charge in [-0.2, -0.15) is 0 Å². The molecule has 0 aromatic heterocycles. The first-order valence-electron chi connectivity index (χ1n) is 6.29. The number of hydrogen-bond acceptors (Lipinski definition) is 2. The van der Waals surface area contributed by atoms with Crippen LogP contribution in [0.1, 0.15) is 19.4 Å². The number of hydrogen-bond donors (Lipinski definition) is 1. The van der Waals surface area contributed by atoms with Gasteiger partial charge < -0.3 is 10.1 Å². The van der Waals surface area contributed by atoms with Gasteiger partial charge in [-0.3, -0.25) is 0 Å². The van der Waals surface area contributed by atoms with Crippen molar-refractivity contribution in [1.29, 1.82) is 0 Å². The van der Waals surface area contributed by atoms with Crippen LogP contribution in [0.25, 0.3) is 6.08 Å². The van der Waals surface area contributed by atoms with Crippen LogP contribution in [0.15, 0.2) is 29.8 Å². The molecule has 100 valence electrons. The first kappa shape index (κ1) is 14.9. The molecule has 0 radical (unpaired) electrons. The molecule has 1 N–H and O–H groups in total. The molecule has 3 heteroatoms. The smallest absolute Gasteiger partial charge is 0.123 e. The fourth-order valence-corrected chi connectivity index (χ4v) is 1.60. The average molecular weight is 251 g/mol. The normalized spacial score (nSPS) is 12.2. The topological polar surface area (TPSA) is 21.3 Å². The number of nitrogens with one attached hydrogen (secondary N) is 1. The second-order valence-corrected chi connectivity index (χ2v) is 4.60. The minimum atomic E-state index is -0.198. The van der Waals surface area contributed by atoms with E-state index in [1.807, 2.05) is 0 Å². The van der Waals surface area contributed by atoms with Crippen LogP contribution in [0.3, 0.4) is 0 Å². The Bertz CT molecular complexity index is 371. The monoisotopic (exact) mass is 251 g/mol. The van der Waals surface area contributed by atoms with E-state index in [1.165, 1.54) is 17.7 Å². The van der Waals surface area contributed by atoms with Crippen LogP contribution in [0, 0.1) is 11.7 Å². The second-order valence-electron chi connectivity index (χ2n) is 4.60. The number of ether oxygens (including phenoxy) is 1. The van der Waals surface area contributed by atoms with Crippen LogP contribution in [-0.4, -0.2) is 26.8 Å². The van der Waals surface area contributed by atoms with Gasteiger partial charge >= 0.3 is 0 Å². The van der Waals surface area contributed by atoms with Crippen molar-refractivity contribution in [3.8, 4) is 0 Å². The molecule has 0 unspecified atom stereocenters. The largest absolute Gasteiger partial charge is 0.383 e. The van der Waals surface area contributed by atoms with E-state index in [2.05, 4.69) is 25.2 Å². The highest BCUT2D eigenvalue weighted by Crippen LogP contribution is 2.14. The molecule has 0 amide bonds. The quantitative estimate of drug-likeness (QED) is 0.752. The van der Waals surface area contributed by atoms with Crippen molar-refractivity contribution in [3.05, 3.63) is 41.2 Å². The second kappa shape index (κ2) is 8.01. The van der Waals surface area contributed by atoms with Crippen LogP contribution in [-0.2, 0) is 4.74 Å². The lowest BCUT2D eigenvalue weighted by Crippen LogP contribution is -2.23. The predicted molar refractivity (Wildman–Crippen MR) is 74.0 cm³/mol. The van der Waals surface area contributed by atoms with Crippen molar-refractivity contribution in [2.75, 3.05) is 26.8 Å². The summed E-state index contributed by atoms with van der Waals surface area (Å²) in [6, 6.07) is 6.57. The van der Waals surface area contributed by atoms with E-state index >= 15 is 0 Å². The van der Waals surface area contributed by atoms with Crippen LogP contribution < -0.4 is 5.32 Å². The van der Waals surface area contributed by atoms with E-state index in [0.717, 1.165) is 18.7 Å². The Hall–Kier alpha value is -1.19. The Balaban J connectivity index is 2.63. The lowest BCUT2D eigenvalue weighted by Gasteiger charge is -2.13. The molecule has 0 atom stereocenters. The van der Waals surface area contributed by atoms with Crippen molar-refractivity contribution in [2.24, 2.45) is 5.92 Å². The van der Waals surface area contributed by atoms with E-state index in [0.29, 0.717) is 12.5 Å². The molecule has 1 aromatic rings. The third-order valence-electron chi connectivity index (χ3n) is 2.78. The zero-order valence-electron chi connectivity index (χ0n) is 11.4. The minimum Gasteiger partial charge on any atom is -0.383 e. The molecule has 1 rings (SSSR count). The zero-order chi connectivity index (χ0) is 13.4. The van der Waals surface area contributed by atoms with Gasteiger partial charge in [-0.05, 0) is 23.6 Å². The predicted octanol–water partition coefficient (Wildman–Crippen LogP) is 3.10. The van der Waals surface area contributed by atoms with Crippen molar-refractivity contribution >= 4 is 6.08 Å². The van der Waals surface area contributed by atoms with Gasteiger partial charge in [0.25, 0.3) is 0 Å². The number of halogens is 1. The summed E-state index contributed by atoms with van der Waals surface area (Å²) in [6.45, 7) is 6.70. The van der Waals surface area contributed by atoms with E-state index in [4.69, 9.17) is 4.74 Å². The van der Waals surface area contributed by atoms with E-state index in [9.17, 15) is 4.39 Å². The first-order chi connectivity index (χ1) is 8.63. The SMILES string of the molecule is COCCNCC(=Cc1ccc(F)cc1)C(C)C. The minimum absolute atomic E-state index is 0.198. The summed E-state index contributed by atoms with van der Waals surface area (Å²) in [5, 5.41) is 3.33. The van der Waals surface area contributed by atoms with Gasteiger partial charge in [0.15, 0.2) is 0 Å². The summed E-state index contributed by atoms with van der Waals surface area (Å²) < 4.78 is 17.8. The molecule has 0 aliphatic rings. The summed E-state index contributed by atoms with van der Waals surface area (Å²) >= 11 is 0. The summed E-state index contributed by atoms with van der Waals surface area (Å²) in [5.74, 6) is 0.265. The maximum Gasteiger partial charge on any atom is 0.123 e. The highest BCUT2D eigenvalue weighted by molar-refractivity contribution is 5.53. The third kappa shape index (κ3) is 5.43. The number of rotatable bonds is 7. The van der Waals surface area contributed by atoms with Gasteiger partial charge in [-0.25, -0.2) is 4.39 Å². The number of benzene rings is 1. The molecule has 0 spiro atoms. The molecular formula is C15H22FNO. The van der Waals surface area contributed by atoms with Gasteiger partial charge in [0, 0.05) is 20.2 Å².